The second-order valence-electron chi connectivity index (χ2n) is 5.93. The predicted molar refractivity (Wildman–Crippen MR) is 102 cm³/mol. The van der Waals surface area contributed by atoms with Gasteiger partial charge in [-0.05, 0) is 29.2 Å². The number of nitrogens with zero attached hydrogens (tertiary/aromatic N) is 1. The number of hydrazone groups is 1. The molecule has 0 radical (unpaired) electrons. The van der Waals surface area contributed by atoms with E-state index in [4.69, 9.17) is 14.2 Å². The Labute approximate surface area is 153 Å². The first kappa shape index (κ1) is 19.3. The lowest BCUT2D eigenvalue weighted by atomic mass is 10.0. The molecule has 6 nitrogen and oxygen atoms in total. The average molecular weight is 356 g/mol. The van der Waals surface area contributed by atoms with Crippen LogP contribution in [0.25, 0.3) is 0 Å². The zero-order chi connectivity index (χ0) is 19.1. The molecular formula is C20H24N2O4. The third kappa shape index (κ3) is 4.53. The lowest BCUT2D eigenvalue weighted by Crippen LogP contribution is -2.18. The molecular weight excluding hydrogens is 332 g/mol. The van der Waals surface area contributed by atoms with Gasteiger partial charge < -0.3 is 14.2 Å². The van der Waals surface area contributed by atoms with Crippen LogP contribution in [0.3, 0.4) is 0 Å². The molecule has 2 aromatic rings. The van der Waals surface area contributed by atoms with Crippen LogP contribution in [0.2, 0.25) is 0 Å². The predicted octanol–water partition coefficient (Wildman–Crippen LogP) is 3.60. The molecule has 0 heterocycles. The lowest BCUT2D eigenvalue weighted by Gasteiger charge is -2.13. The van der Waals surface area contributed by atoms with E-state index in [0.717, 1.165) is 5.56 Å². The summed E-state index contributed by atoms with van der Waals surface area (Å²) >= 11 is 0. The molecule has 0 bridgehead atoms. The molecule has 2 rings (SSSR count). The molecule has 1 amide bonds. The largest absolute Gasteiger partial charge is 0.493 e. The Balaban J connectivity index is 2.12. The van der Waals surface area contributed by atoms with Crippen LogP contribution in [0.4, 0.5) is 0 Å². The monoisotopic (exact) mass is 356 g/mol. The van der Waals surface area contributed by atoms with Gasteiger partial charge in [0, 0.05) is 5.56 Å². The van der Waals surface area contributed by atoms with Crippen molar-refractivity contribution in [1.29, 1.82) is 0 Å². The zero-order valence-electron chi connectivity index (χ0n) is 15.7. The third-order valence-corrected chi connectivity index (χ3v) is 3.91. The maximum absolute atomic E-state index is 12.3. The van der Waals surface area contributed by atoms with Gasteiger partial charge >= 0.3 is 0 Å². The van der Waals surface area contributed by atoms with E-state index in [2.05, 4.69) is 24.4 Å². The SMILES string of the molecule is COc1cc(C(=O)NN=Cc2ccc(C(C)C)cc2)cc(OC)c1OC. The zero-order valence-corrected chi connectivity index (χ0v) is 15.7. The van der Waals surface area contributed by atoms with E-state index in [1.165, 1.54) is 26.9 Å². The van der Waals surface area contributed by atoms with Crippen molar-refractivity contribution in [2.75, 3.05) is 21.3 Å². The Morgan fingerprint density at radius 1 is 1.00 bits per heavy atom. The molecule has 0 aliphatic carbocycles. The molecule has 0 atom stereocenters. The van der Waals surface area contributed by atoms with Gasteiger partial charge in [-0.2, -0.15) is 5.10 Å². The van der Waals surface area contributed by atoms with Crippen LogP contribution >= 0.6 is 0 Å². The summed E-state index contributed by atoms with van der Waals surface area (Å²) in [7, 11) is 4.50. The van der Waals surface area contributed by atoms with E-state index in [1.807, 2.05) is 24.3 Å². The molecule has 138 valence electrons. The molecule has 0 fully saturated rings. The van der Waals surface area contributed by atoms with Crippen molar-refractivity contribution in [3.63, 3.8) is 0 Å². The normalized spacial score (nSPS) is 10.8. The number of methoxy groups -OCH3 is 3. The van der Waals surface area contributed by atoms with E-state index in [1.54, 1.807) is 18.3 Å². The molecule has 0 aliphatic heterocycles. The first-order chi connectivity index (χ1) is 12.5. The Hall–Kier alpha value is -3.02. The summed E-state index contributed by atoms with van der Waals surface area (Å²) < 4.78 is 15.7. The number of carbonyl (C=O) groups is 1. The Morgan fingerprint density at radius 3 is 2.04 bits per heavy atom. The summed E-state index contributed by atoms with van der Waals surface area (Å²) in [4.78, 5) is 12.3. The van der Waals surface area contributed by atoms with Gasteiger partial charge in [0.2, 0.25) is 5.75 Å². The summed E-state index contributed by atoms with van der Waals surface area (Å²) in [6.45, 7) is 4.28. The minimum Gasteiger partial charge on any atom is -0.493 e. The smallest absolute Gasteiger partial charge is 0.271 e. The van der Waals surface area contributed by atoms with Crippen LogP contribution in [-0.4, -0.2) is 33.5 Å². The quantitative estimate of drug-likeness (QED) is 0.608. The number of hydrogen-bond donors (Lipinski definition) is 1. The van der Waals surface area contributed by atoms with Gasteiger partial charge in [-0.15, -0.1) is 0 Å². The number of ether oxygens (including phenoxy) is 3. The van der Waals surface area contributed by atoms with Crippen molar-refractivity contribution in [2.24, 2.45) is 5.10 Å². The summed E-state index contributed by atoms with van der Waals surface area (Å²) in [6.07, 6.45) is 1.60. The van der Waals surface area contributed by atoms with E-state index >= 15 is 0 Å². The summed E-state index contributed by atoms with van der Waals surface area (Å²) in [5, 5.41) is 4.01. The first-order valence-electron chi connectivity index (χ1n) is 8.23. The summed E-state index contributed by atoms with van der Waals surface area (Å²) in [5.74, 6) is 1.34. The van der Waals surface area contributed by atoms with Gasteiger partial charge in [0.25, 0.3) is 5.91 Å². The molecule has 2 aromatic carbocycles. The van der Waals surface area contributed by atoms with Gasteiger partial charge in [-0.25, -0.2) is 5.43 Å². The van der Waals surface area contributed by atoms with E-state index in [9.17, 15) is 4.79 Å². The maximum atomic E-state index is 12.3. The summed E-state index contributed by atoms with van der Waals surface area (Å²) in [6, 6.07) is 11.2. The molecule has 6 heteroatoms. The fourth-order valence-electron chi connectivity index (χ4n) is 2.41. The Morgan fingerprint density at radius 2 is 1.58 bits per heavy atom. The van der Waals surface area contributed by atoms with E-state index in [0.29, 0.717) is 28.7 Å². The number of hydrogen-bond acceptors (Lipinski definition) is 5. The van der Waals surface area contributed by atoms with Crippen LogP contribution in [-0.2, 0) is 0 Å². The van der Waals surface area contributed by atoms with Crippen molar-refractivity contribution in [3.8, 4) is 17.2 Å². The molecule has 0 unspecified atom stereocenters. The minimum absolute atomic E-state index is 0.354. The molecule has 26 heavy (non-hydrogen) atoms. The van der Waals surface area contributed by atoms with Gasteiger partial charge in [0.1, 0.15) is 0 Å². The number of nitrogens with one attached hydrogen (secondary N) is 1. The molecule has 0 saturated carbocycles. The first-order valence-corrected chi connectivity index (χ1v) is 8.23. The summed E-state index contributed by atoms with van der Waals surface area (Å²) in [5.41, 5.74) is 5.01. The van der Waals surface area contributed by atoms with Crippen LogP contribution in [0.15, 0.2) is 41.5 Å². The third-order valence-electron chi connectivity index (χ3n) is 3.91. The van der Waals surface area contributed by atoms with Crippen LogP contribution < -0.4 is 19.6 Å². The van der Waals surface area contributed by atoms with E-state index < -0.39 is 0 Å². The molecule has 0 saturated heterocycles. The number of amides is 1. The second-order valence-corrected chi connectivity index (χ2v) is 5.93. The fraction of sp³-hybridized carbons (Fsp3) is 0.300. The molecule has 0 aliphatic rings. The highest BCUT2D eigenvalue weighted by atomic mass is 16.5. The van der Waals surface area contributed by atoms with Crippen molar-refractivity contribution in [3.05, 3.63) is 53.1 Å². The average Bonchev–Trinajstić information content (AvgIpc) is 2.66. The van der Waals surface area contributed by atoms with Crippen LogP contribution in [0.1, 0.15) is 41.3 Å². The van der Waals surface area contributed by atoms with Crippen molar-refractivity contribution < 1.29 is 19.0 Å². The standard InChI is InChI=1S/C20H24N2O4/c1-13(2)15-8-6-14(7-9-15)12-21-22-20(23)16-10-17(24-3)19(26-5)18(11-16)25-4/h6-13H,1-5H3,(H,22,23). The molecule has 0 spiro atoms. The van der Waals surface area contributed by atoms with Crippen molar-refractivity contribution in [1.82, 2.24) is 5.43 Å². The molecule has 1 N–H and O–H groups in total. The highest BCUT2D eigenvalue weighted by Crippen LogP contribution is 2.38. The number of carbonyl (C=O) groups excluding carboxylic acids is 1. The van der Waals surface area contributed by atoms with Crippen LogP contribution in [0, 0.1) is 0 Å². The highest BCUT2D eigenvalue weighted by molar-refractivity contribution is 5.96. The lowest BCUT2D eigenvalue weighted by molar-refractivity contribution is 0.0954. The number of rotatable bonds is 7. The highest BCUT2D eigenvalue weighted by Gasteiger charge is 2.16. The number of benzene rings is 2. The van der Waals surface area contributed by atoms with Gasteiger partial charge in [-0.3, -0.25) is 4.79 Å². The van der Waals surface area contributed by atoms with Crippen molar-refractivity contribution in [2.45, 2.75) is 19.8 Å². The van der Waals surface area contributed by atoms with Gasteiger partial charge in [0.15, 0.2) is 11.5 Å². The second kappa shape index (κ2) is 8.89. The van der Waals surface area contributed by atoms with Crippen LogP contribution in [0.5, 0.6) is 17.2 Å². The maximum Gasteiger partial charge on any atom is 0.271 e. The van der Waals surface area contributed by atoms with E-state index in [-0.39, 0.29) is 5.91 Å². The van der Waals surface area contributed by atoms with Crippen molar-refractivity contribution >= 4 is 12.1 Å². The fourth-order valence-corrected chi connectivity index (χ4v) is 2.41. The van der Waals surface area contributed by atoms with Gasteiger partial charge in [0.05, 0.1) is 27.5 Å². The van der Waals surface area contributed by atoms with Gasteiger partial charge in [-0.1, -0.05) is 38.1 Å². The Bertz CT molecular complexity index is 758. The molecule has 0 aromatic heterocycles. The topological polar surface area (TPSA) is 69.2 Å². The Kier molecular flexibility index (Phi) is 6.60. The minimum atomic E-state index is -0.376.